The van der Waals surface area contributed by atoms with Crippen molar-refractivity contribution < 1.29 is 0 Å². The Hall–Kier alpha value is -0.650. The predicted molar refractivity (Wildman–Crippen MR) is 68.2 cm³/mol. The molecule has 1 aromatic heterocycles. The third-order valence-corrected chi connectivity index (χ3v) is 4.23. The lowest BCUT2D eigenvalue weighted by Gasteiger charge is -2.36. The lowest BCUT2D eigenvalue weighted by atomic mass is 9.93. The fourth-order valence-corrected chi connectivity index (χ4v) is 3.09. The Balaban J connectivity index is 1.93. The van der Waals surface area contributed by atoms with Crippen LogP contribution in [-0.4, -0.2) is 22.5 Å². The fraction of sp³-hybridized carbons (Fsp3) is 0.727. The lowest BCUT2D eigenvalue weighted by Crippen LogP contribution is -2.39. The molecular weight excluding hydrogens is 220 g/mol. The van der Waals surface area contributed by atoms with Crippen LogP contribution in [0.5, 0.6) is 0 Å². The second kappa shape index (κ2) is 5.12. The third-order valence-electron chi connectivity index (χ3n) is 3.31. The van der Waals surface area contributed by atoms with Gasteiger partial charge in [-0.05, 0) is 32.2 Å². The van der Waals surface area contributed by atoms with Gasteiger partial charge in [0, 0.05) is 23.7 Å². The number of rotatable bonds is 3. The van der Waals surface area contributed by atoms with Gasteiger partial charge in [-0.1, -0.05) is 18.3 Å². The summed E-state index contributed by atoms with van der Waals surface area (Å²) < 4.78 is 0. The number of nitrogens with zero attached hydrogens (tertiary/aromatic N) is 2. The maximum Gasteiger partial charge on any atom is 0.197 e. The molecule has 1 aromatic rings. The summed E-state index contributed by atoms with van der Waals surface area (Å²) in [5.41, 5.74) is 2.59. The van der Waals surface area contributed by atoms with E-state index in [1.807, 2.05) is 6.20 Å². The molecule has 0 amide bonds. The van der Waals surface area contributed by atoms with Gasteiger partial charge in [-0.3, -0.25) is 10.3 Å². The van der Waals surface area contributed by atoms with Crippen LogP contribution < -0.4 is 11.3 Å². The summed E-state index contributed by atoms with van der Waals surface area (Å²) in [5, 5.41) is 0.799. The van der Waals surface area contributed by atoms with Crippen LogP contribution >= 0.6 is 11.3 Å². The average molecular weight is 240 g/mol. The van der Waals surface area contributed by atoms with E-state index in [1.54, 1.807) is 11.3 Å². The molecule has 4 nitrogen and oxygen atoms in total. The molecule has 5 heteroatoms. The van der Waals surface area contributed by atoms with Crippen LogP contribution in [0.25, 0.3) is 0 Å². The standard InChI is InChI=1S/C11H20N4S/c1-8-3-4-15(9(2)5-8)7-10-6-13-11(14-12)16-10/h6,8-9H,3-5,7,12H2,1-2H3,(H,13,14). The molecule has 1 fully saturated rings. The number of piperidine rings is 1. The van der Waals surface area contributed by atoms with Crippen LogP contribution in [0.15, 0.2) is 6.20 Å². The van der Waals surface area contributed by atoms with Crippen LogP contribution in [0.2, 0.25) is 0 Å². The number of likely N-dealkylation sites (tertiary alicyclic amines) is 1. The first-order valence-electron chi connectivity index (χ1n) is 5.84. The summed E-state index contributed by atoms with van der Waals surface area (Å²) in [6.07, 6.45) is 4.54. The Morgan fingerprint density at radius 3 is 3.06 bits per heavy atom. The van der Waals surface area contributed by atoms with E-state index in [2.05, 4.69) is 29.2 Å². The highest BCUT2D eigenvalue weighted by molar-refractivity contribution is 7.15. The zero-order valence-electron chi connectivity index (χ0n) is 9.94. The van der Waals surface area contributed by atoms with Crippen molar-refractivity contribution in [2.45, 2.75) is 39.3 Å². The molecule has 2 unspecified atom stereocenters. The number of thiazole rings is 1. The van der Waals surface area contributed by atoms with Crippen molar-refractivity contribution >= 4 is 16.5 Å². The Labute approximate surface area is 101 Å². The number of anilines is 1. The molecule has 0 saturated carbocycles. The van der Waals surface area contributed by atoms with E-state index < -0.39 is 0 Å². The van der Waals surface area contributed by atoms with Gasteiger partial charge in [0.25, 0.3) is 0 Å². The van der Waals surface area contributed by atoms with Crippen LogP contribution in [0.3, 0.4) is 0 Å². The number of hydrogen-bond acceptors (Lipinski definition) is 5. The van der Waals surface area contributed by atoms with Crippen molar-refractivity contribution in [2.75, 3.05) is 12.0 Å². The molecule has 2 heterocycles. The minimum absolute atomic E-state index is 0.681. The predicted octanol–water partition coefficient (Wildman–Crippen LogP) is 2.05. The van der Waals surface area contributed by atoms with Crippen LogP contribution in [0.4, 0.5) is 5.13 Å². The SMILES string of the molecule is CC1CCN(Cc2cnc(NN)s2)C(C)C1. The van der Waals surface area contributed by atoms with Crippen molar-refractivity contribution in [3.63, 3.8) is 0 Å². The topological polar surface area (TPSA) is 54.2 Å². The number of nitrogen functional groups attached to an aromatic ring is 1. The van der Waals surface area contributed by atoms with E-state index in [0.717, 1.165) is 17.6 Å². The van der Waals surface area contributed by atoms with Crippen molar-refractivity contribution in [3.05, 3.63) is 11.1 Å². The number of nitrogens with two attached hydrogens (primary N) is 1. The number of nitrogens with one attached hydrogen (secondary N) is 1. The molecule has 90 valence electrons. The fourth-order valence-electron chi connectivity index (χ4n) is 2.34. The molecule has 2 rings (SSSR count). The average Bonchev–Trinajstić information content (AvgIpc) is 2.70. The summed E-state index contributed by atoms with van der Waals surface area (Å²) in [6, 6.07) is 0.681. The highest BCUT2D eigenvalue weighted by atomic mass is 32.1. The van der Waals surface area contributed by atoms with Gasteiger partial charge in [0.1, 0.15) is 0 Å². The van der Waals surface area contributed by atoms with Gasteiger partial charge in [0.15, 0.2) is 5.13 Å². The number of hydrazine groups is 1. The Kier molecular flexibility index (Phi) is 3.78. The van der Waals surface area contributed by atoms with Crippen molar-refractivity contribution in [1.29, 1.82) is 0 Å². The van der Waals surface area contributed by atoms with E-state index in [0.29, 0.717) is 6.04 Å². The maximum atomic E-state index is 5.33. The van der Waals surface area contributed by atoms with E-state index in [4.69, 9.17) is 5.84 Å². The van der Waals surface area contributed by atoms with E-state index in [9.17, 15) is 0 Å². The normalized spacial score (nSPS) is 26.9. The molecule has 1 aliphatic heterocycles. The monoisotopic (exact) mass is 240 g/mol. The first kappa shape index (κ1) is 11.8. The van der Waals surface area contributed by atoms with Gasteiger partial charge < -0.3 is 0 Å². The van der Waals surface area contributed by atoms with Crippen molar-refractivity contribution in [3.8, 4) is 0 Å². The molecule has 1 saturated heterocycles. The zero-order valence-corrected chi connectivity index (χ0v) is 10.8. The summed E-state index contributed by atoms with van der Waals surface area (Å²) in [7, 11) is 0. The van der Waals surface area contributed by atoms with E-state index in [-0.39, 0.29) is 0 Å². The molecule has 1 aliphatic rings. The summed E-state index contributed by atoms with van der Waals surface area (Å²) in [6.45, 7) is 6.87. The Morgan fingerprint density at radius 1 is 1.62 bits per heavy atom. The highest BCUT2D eigenvalue weighted by Gasteiger charge is 2.23. The molecular formula is C11H20N4S. The number of hydrogen-bond donors (Lipinski definition) is 2. The van der Waals surface area contributed by atoms with Crippen molar-refractivity contribution in [1.82, 2.24) is 9.88 Å². The lowest BCUT2D eigenvalue weighted by molar-refractivity contribution is 0.123. The van der Waals surface area contributed by atoms with Gasteiger partial charge in [-0.15, -0.1) is 0 Å². The molecule has 2 atom stereocenters. The second-order valence-corrected chi connectivity index (χ2v) is 5.84. The largest absolute Gasteiger partial charge is 0.300 e. The molecule has 0 bridgehead atoms. The molecule has 3 N–H and O–H groups in total. The van der Waals surface area contributed by atoms with Crippen LogP contribution in [-0.2, 0) is 6.54 Å². The maximum absolute atomic E-state index is 5.33. The first-order chi connectivity index (χ1) is 7.69. The van der Waals surface area contributed by atoms with Gasteiger partial charge in [-0.25, -0.2) is 10.8 Å². The molecule has 16 heavy (non-hydrogen) atoms. The number of aromatic nitrogens is 1. The minimum atomic E-state index is 0.681. The minimum Gasteiger partial charge on any atom is -0.300 e. The van der Waals surface area contributed by atoms with Gasteiger partial charge in [0.2, 0.25) is 0 Å². The van der Waals surface area contributed by atoms with Crippen LogP contribution in [0.1, 0.15) is 31.6 Å². The van der Waals surface area contributed by atoms with Gasteiger partial charge in [0.05, 0.1) is 0 Å². The van der Waals surface area contributed by atoms with Gasteiger partial charge >= 0.3 is 0 Å². The first-order valence-corrected chi connectivity index (χ1v) is 6.66. The summed E-state index contributed by atoms with van der Waals surface area (Å²) in [5.74, 6) is 6.20. The molecule has 0 radical (unpaired) electrons. The van der Waals surface area contributed by atoms with Crippen LogP contribution in [0, 0.1) is 5.92 Å². The molecule has 0 aromatic carbocycles. The van der Waals surface area contributed by atoms with E-state index in [1.165, 1.54) is 24.3 Å². The quantitative estimate of drug-likeness (QED) is 0.627. The highest BCUT2D eigenvalue weighted by Crippen LogP contribution is 2.26. The molecule has 0 aliphatic carbocycles. The second-order valence-electron chi connectivity index (χ2n) is 4.73. The van der Waals surface area contributed by atoms with Crippen molar-refractivity contribution in [2.24, 2.45) is 11.8 Å². The summed E-state index contributed by atoms with van der Waals surface area (Å²) in [4.78, 5) is 8.02. The Morgan fingerprint density at radius 2 is 2.44 bits per heavy atom. The smallest absolute Gasteiger partial charge is 0.197 e. The zero-order chi connectivity index (χ0) is 11.5. The summed E-state index contributed by atoms with van der Waals surface area (Å²) >= 11 is 1.64. The van der Waals surface area contributed by atoms with E-state index >= 15 is 0 Å². The third kappa shape index (κ3) is 2.72. The Bertz CT molecular complexity index is 338. The van der Waals surface area contributed by atoms with Gasteiger partial charge in [-0.2, -0.15) is 0 Å². The molecule has 0 spiro atoms.